The molecule has 0 spiro atoms. The third-order valence-corrected chi connectivity index (χ3v) is 6.16. The molecule has 1 amide bonds. The normalized spacial score (nSPS) is 15.6. The summed E-state index contributed by atoms with van der Waals surface area (Å²) in [5, 5.41) is 0.993. The highest BCUT2D eigenvalue weighted by Gasteiger charge is 2.19. The van der Waals surface area contributed by atoms with Gasteiger partial charge in [0.15, 0.2) is 0 Å². The number of halogens is 1. The Morgan fingerprint density at radius 3 is 2.50 bits per heavy atom. The van der Waals surface area contributed by atoms with Crippen LogP contribution in [0.15, 0.2) is 57.6 Å². The van der Waals surface area contributed by atoms with Crippen molar-refractivity contribution in [2.45, 2.75) is 6.92 Å². The van der Waals surface area contributed by atoms with Gasteiger partial charge in [0.25, 0.3) is 0 Å². The van der Waals surface area contributed by atoms with E-state index in [-0.39, 0.29) is 5.91 Å². The van der Waals surface area contributed by atoms with E-state index >= 15 is 0 Å². The van der Waals surface area contributed by atoms with Crippen LogP contribution in [0, 0.1) is 0 Å². The zero-order chi connectivity index (χ0) is 21.3. The monoisotopic (exact) mass is 468 g/mol. The van der Waals surface area contributed by atoms with E-state index in [0.717, 1.165) is 63.9 Å². The van der Waals surface area contributed by atoms with Gasteiger partial charge < -0.3 is 19.0 Å². The van der Waals surface area contributed by atoms with Crippen molar-refractivity contribution in [3.05, 3.63) is 58.8 Å². The molecule has 6 heteroatoms. The van der Waals surface area contributed by atoms with Gasteiger partial charge in [0.2, 0.25) is 5.91 Å². The molecule has 0 bridgehead atoms. The number of piperazine rings is 1. The van der Waals surface area contributed by atoms with Crippen LogP contribution >= 0.6 is 15.9 Å². The van der Waals surface area contributed by atoms with Gasteiger partial charge in [-0.15, -0.1) is 0 Å². The molecule has 5 nitrogen and oxygen atoms in total. The van der Waals surface area contributed by atoms with Crippen molar-refractivity contribution < 1.29 is 13.9 Å². The smallest absolute Gasteiger partial charge is 0.246 e. The van der Waals surface area contributed by atoms with Gasteiger partial charge >= 0.3 is 0 Å². The minimum absolute atomic E-state index is 0.0445. The molecule has 1 aliphatic rings. The number of carbonyl (C=O) groups excluding carboxylic acids is 1. The molecule has 30 heavy (non-hydrogen) atoms. The van der Waals surface area contributed by atoms with E-state index in [4.69, 9.17) is 9.15 Å². The number of allylic oxidation sites excluding steroid dienone is 1. The average Bonchev–Trinajstić information content (AvgIpc) is 3.16. The number of fused-ring (bicyclic) bond motifs is 1. The molecule has 0 atom stereocenters. The van der Waals surface area contributed by atoms with Crippen LogP contribution in [0.4, 0.5) is 0 Å². The number of methoxy groups -OCH3 is 1. The number of benzene rings is 2. The molecule has 2 heterocycles. The van der Waals surface area contributed by atoms with Gasteiger partial charge in [-0.2, -0.15) is 0 Å². The van der Waals surface area contributed by atoms with Crippen molar-refractivity contribution in [2.24, 2.45) is 0 Å². The summed E-state index contributed by atoms with van der Waals surface area (Å²) in [6.07, 6.45) is 3.49. The van der Waals surface area contributed by atoms with Crippen molar-refractivity contribution in [3.63, 3.8) is 0 Å². The zero-order valence-electron chi connectivity index (χ0n) is 17.4. The summed E-state index contributed by atoms with van der Waals surface area (Å²) < 4.78 is 12.4. The molecule has 0 radical (unpaired) electrons. The molecular weight excluding hydrogens is 444 g/mol. The van der Waals surface area contributed by atoms with Crippen LogP contribution in [-0.2, 0) is 4.79 Å². The first-order valence-electron chi connectivity index (χ1n) is 9.97. The van der Waals surface area contributed by atoms with E-state index in [2.05, 4.69) is 46.1 Å². The van der Waals surface area contributed by atoms with Crippen LogP contribution in [0.1, 0.15) is 12.5 Å². The van der Waals surface area contributed by atoms with E-state index in [1.165, 1.54) is 0 Å². The summed E-state index contributed by atoms with van der Waals surface area (Å²) >= 11 is 3.48. The Kier molecular flexibility index (Phi) is 5.97. The molecule has 1 fully saturated rings. The van der Waals surface area contributed by atoms with Crippen molar-refractivity contribution in [1.82, 2.24) is 9.80 Å². The molecule has 0 N–H and O–H groups in total. The maximum absolute atomic E-state index is 12.8. The average molecular weight is 469 g/mol. The molecule has 0 aliphatic carbocycles. The Labute approximate surface area is 185 Å². The number of amides is 1. The van der Waals surface area contributed by atoms with Crippen LogP contribution in [0.5, 0.6) is 5.75 Å². The van der Waals surface area contributed by atoms with E-state index in [9.17, 15) is 4.79 Å². The van der Waals surface area contributed by atoms with Crippen LogP contribution in [0.2, 0.25) is 0 Å². The SMILES string of the molecule is COc1cc2occ(-c3ccc(Br)cc3)c2cc1/C(C)=C/C(=O)N1CCN(C)CC1. The number of hydrogen-bond acceptors (Lipinski definition) is 4. The van der Waals surface area contributed by atoms with E-state index < -0.39 is 0 Å². The molecule has 0 saturated carbocycles. The molecule has 156 valence electrons. The van der Waals surface area contributed by atoms with Gasteiger partial charge in [0.1, 0.15) is 11.3 Å². The number of carbonyl (C=O) groups is 1. The lowest BCUT2D eigenvalue weighted by atomic mass is 9.99. The lowest BCUT2D eigenvalue weighted by Gasteiger charge is -2.31. The van der Waals surface area contributed by atoms with Crippen LogP contribution in [0.3, 0.4) is 0 Å². The molecule has 1 saturated heterocycles. The molecule has 1 aliphatic heterocycles. The fourth-order valence-corrected chi connectivity index (χ4v) is 4.03. The van der Waals surface area contributed by atoms with E-state index in [1.807, 2.05) is 30.0 Å². The van der Waals surface area contributed by atoms with E-state index in [1.54, 1.807) is 19.4 Å². The zero-order valence-corrected chi connectivity index (χ0v) is 19.0. The molecular formula is C24H25BrN2O3. The number of likely N-dealkylation sites (N-methyl/N-ethyl adjacent to an activating group) is 1. The highest BCUT2D eigenvalue weighted by atomic mass is 79.9. The van der Waals surface area contributed by atoms with Gasteiger partial charge in [0.05, 0.1) is 13.4 Å². The Bertz CT molecular complexity index is 1090. The fraction of sp³-hybridized carbons (Fsp3) is 0.292. The highest BCUT2D eigenvalue weighted by molar-refractivity contribution is 9.10. The number of hydrogen-bond donors (Lipinski definition) is 0. The lowest BCUT2D eigenvalue weighted by molar-refractivity contribution is -0.127. The maximum Gasteiger partial charge on any atom is 0.246 e. The maximum atomic E-state index is 12.8. The third kappa shape index (κ3) is 4.16. The Balaban J connectivity index is 1.71. The second kappa shape index (κ2) is 8.66. The number of ether oxygens (including phenoxy) is 1. The van der Waals surface area contributed by atoms with Crippen LogP contribution in [0.25, 0.3) is 27.7 Å². The van der Waals surface area contributed by atoms with Gasteiger partial charge in [-0.05, 0) is 43.3 Å². The summed E-state index contributed by atoms with van der Waals surface area (Å²) in [5.41, 5.74) is 4.61. The minimum Gasteiger partial charge on any atom is -0.496 e. The molecule has 1 aromatic heterocycles. The van der Waals surface area contributed by atoms with Crippen LogP contribution in [-0.4, -0.2) is 56.0 Å². The van der Waals surface area contributed by atoms with Crippen LogP contribution < -0.4 is 4.74 Å². The Morgan fingerprint density at radius 2 is 1.83 bits per heavy atom. The number of rotatable bonds is 4. The summed E-state index contributed by atoms with van der Waals surface area (Å²) in [5.74, 6) is 0.738. The first-order valence-corrected chi connectivity index (χ1v) is 10.8. The number of nitrogens with zero attached hydrogens (tertiary/aromatic N) is 2. The Hall–Kier alpha value is -2.57. The molecule has 2 aromatic carbocycles. The summed E-state index contributed by atoms with van der Waals surface area (Å²) in [6, 6.07) is 12.1. The second-order valence-corrected chi connectivity index (χ2v) is 8.58. The largest absolute Gasteiger partial charge is 0.496 e. The Morgan fingerprint density at radius 1 is 1.13 bits per heavy atom. The van der Waals surface area contributed by atoms with Crippen molar-refractivity contribution in [3.8, 4) is 16.9 Å². The quantitative estimate of drug-likeness (QED) is 0.502. The minimum atomic E-state index is 0.0445. The summed E-state index contributed by atoms with van der Waals surface area (Å²) in [4.78, 5) is 16.9. The molecule has 3 aromatic rings. The first-order chi connectivity index (χ1) is 14.5. The lowest BCUT2D eigenvalue weighted by Crippen LogP contribution is -2.46. The van der Waals surface area contributed by atoms with Gasteiger partial charge in [-0.1, -0.05) is 28.1 Å². The van der Waals surface area contributed by atoms with Crippen molar-refractivity contribution in [1.29, 1.82) is 0 Å². The summed E-state index contributed by atoms with van der Waals surface area (Å²) in [7, 11) is 3.72. The summed E-state index contributed by atoms with van der Waals surface area (Å²) in [6.45, 7) is 5.27. The van der Waals surface area contributed by atoms with Gasteiger partial charge in [-0.3, -0.25) is 4.79 Å². The highest BCUT2D eigenvalue weighted by Crippen LogP contribution is 2.37. The van der Waals surface area contributed by atoms with Crippen molar-refractivity contribution in [2.75, 3.05) is 40.3 Å². The van der Waals surface area contributed by atoms with Gasteiger partial charge in [-0.25, -0.2) is 0 Å². The predicted octanol–water partition coefficient (Wildman–Crippen LogP) is 5.05. The topological polar surface area (TPSA) is 45.9 Å². The number of furan rings is 1. The molecule has 0 unspecified atom stereocenters. The predicted molar refractivity (Wildman–Crippen MR) is 124 cm³/mol. The fourth-order valence-electron chi connectivity index (χ4n) is 3.77. The third-order valence-electron chi connectivity index (χ3n) is 5.63. The van der Waals surface area contributed by atoms with Gasteiger partial charge in [0, 0.05) is 59.3 Å². The second-order valence-electron chi connectivity index (χ2n) is 7.66. The van der Waals surface area contributed by atoms with E-state index in [0.29, 0.717) is 5.75 Å². The molecule has 4 rings (SSSR count). The first kappa shape index (κ1) is 20.7. The van der Waals surface area contributed by atoms with Crippen molar-refractivity contribution >= 4 is 38.4 Å². The standard InChI is InChI=1S/C24H25BrN2O3/c1-16(12-24(28)27-10-8-26(2)9-11-27)19-13-20-21(17-4-6-18(25)7-5-17)15-30-23(20)14-22(19)29-3/h4-7,12-15H,8-11H2,1-3H3/b16-12+.